The molecule has 8 nitrogen and oxygen atoms in total. The molecule has 2 aromatic carbocycles. The molecule has 35 heavy (non-hydrogen) atoms. The Bertz CT molecular complexity index is 1210. The summed E-state index contributed by atoms with van der Waals surface area (Å²) in [5.74, 6) is -0.302. The van der Waals surface area contributed by atoms with Crippen LogP contribution in [-0.2, 0) is 4.79 Å². The number of aliphatic hydroxyl groups excluding tert-OH is 1. The number of halogens is 2. The van der Waals surface area contributed by atoms with Crippen LogP contribution in [0.3, 0.4) is 0 Å². The van der Waals surface area contributed by atoms with E-state index in [0.717, 1.165) is 37.0 Å². The first-order valence-corrected chi connectivity index (χ1v) is 12.5. The normalized spacial score (nSPS) is 21.9. The lowest BCUT2D eigenvalue weighted by Gasteiger charge is -2.43. The number of piperidine rings is 1. The second-order valence-corrected chi connectivity index (χ2v) is 9.80. The van der Waals surface area contributed by atoms with E-state index in [1.807, 2.05) is 30.0 Å². The van der Waals surface area contributed by atoms with Gasteiger partial charge in [0.15, 0.2) is 0 Å². The van der Waals surface area contributed by atoms with Crippen molar-refractivity contribution in [2.45, 2.75) is 44.3 Å². The second kappa shape index (κ2) is 10.1. The smallest absolute Gasteiger partial charge is 0.240 e. The number of aliphatic hydroxyl groups is 1. The highest BCUT2D eigenvalue weighted by atomic mass is 35.5. The highest BCUT2D eigenvalue weighted by Gasteiger charge is 2.34. The van der Waals surface area contributed by atoms with E-state index >= 15 is 0 Å². The predicted octanol–water partition coefficient (Wildman–Crippen LogP) is 2.98. The minimum absolute atomic E-state index is 0.0833. The van der Waals surface area contributed by atoms with Gasteiger partial charge in [-0.2, -0.15) is 0 Å². The van der Waals surface area contributed by atoms with Crippen LogP contribution in [0.1, 0.15) is 37.8 Å². The Morgan fingerprint density at radius 1 is 1.26 bits per heavy atom. The molecule has 0 bridgehead atoms. The van der Waals surface area contributed by atoms with Crippen molar-refractivity contribution >= 4 is 34.2 Å². The van der Waals surface area contributed by atoms with Gasteiger partial charge in [-0.3, -0.25) is 4.79 Å². The quantitative estimate of drug-likeness (QED) is 0.560. The number of amides is 1. The second-order valence-electron chi connectivity index (χ2n) is 9.37. The molecule has 5 rings (SSSR count). The summed E-state index contributed by atoms with van der Waals surface area (Å²) < 4.78 is 16.3. The number of carbonyl (C=O) groups excluding carboxylic acids is 1. The minimum Gasteiger partial charge on any atom is -0.394 e. The third-order valence-corrected chi connectivity index (χ3v) is 7.42. The maximum Gasteiger partial charge on any atom is 0.240 e. The summed E-state index contributed by atoms with van der Waals surface area (Å²) in [6, 6.07) is 9.69. The largest absolute Gasteiger partial charge is 0.394 e. The maximum absolute atomic E-state index is 14.6. The summed E-state index contributed by atoms with van der Waals surface area (Å²) in [5.41, 5.74) is 2.93. The van der Waals surface area contributed by atoms with Crippen LogP contribution in [-0.4, -0.2) is 75.8 Å². The van der Waals surface area contributed by atoms with E-state index in [4.69, 9.17) is 11.6 Å². The SMILES string of the molecule is CC(c1ccc(Cl)cc1F)n1nnc2ccc(N3CCN(C(=O)[C@H]4CCCCN4)[C@H](CO)C3)cc21. The molecule has 2 fully saturated rings. The first-order chi connectivity index (χ1) is 17.0. The Labute approximate surface area is 208 Å². The minimum atomic E-state index is -0.385. The van der Waals surface area contributed by atoms with Gasteiger partial charge in [0.05, 0.1) is 30.2 Å². The van der Waals surface area contributed by atoms with E-state index in [-0.39, 0.29) is 36.5 Å². The summed E-state index contributed by atoms with van der Waals surface area (Å²) in [5, 5.41) is 22.3. The van der Waals surface area contributed by atoms with E-state index in [9.17, 15) is 14.3 Å². The number of fused-ring (bicyclic) bond motifs is 1. The Morgan fingerprint density at radius 2 is 2.11 bits per heavy atom. The first-order valence-electron chi connectivity index (χ1n) is 12.2. The molecule has 0 radical (unpaired) electrons. The van der Waals surface area contributed by atoms with Crippen molar-refractivity contribution in [2.75, 3.05) is 37.7 Å². The molecule has 0 aliphatic carbocycles. The molecule has 10 heteroatoms. The van der Waals surface area contributed by atoms with Crippen LogP contribution in [0.4, 0.5) is 10.1 Å². The number of hydrogen-bond acceptors (Lipinski definition) is 6. The van der Waals surface area contributed by atoms with Crippen molar-refractivity contribution in [1.82, 2.24) is 25.2 Å². The summed E-state index contributed by atoms with van der Waals surface area (Å²) >= 11 is 5.92. The zero-order chi connectivity index (χ0) is 24.5. The molecule has 186 valence electrons. The molecule has 2 N–H and O–H groups in total. The summed E-state index contributed by atoms with van der Waals surface area (Å²) in [4.78, 5) is 17.1. The lowest BCUT2D eigenvalue weighted by Crippen LogP contribution is -2.60. The number of carbonyl (C=O) groups is 1. The molecular formula is C25H30ClFN6O2. The van der Waals surface area contributed by atoms with Crippen LogP contribution in [0.2, 0.25) is 5.02 Å². The number of piperazine rings is 1. The fourth-order valence-electron chi connectivity index (χ4n) is 5.18. The Morgan fingerprint density at radius 3 is 2.86 bits per heavy atom. The van der Waals surface area contributed by atoms with Gasteiger partial charge < -0.3 is 20.2 Å². The van der Waals surface area contributed by atoms with E-state index in [1.165, 1.54) is 6.07 Å². The van der Waals surface area contributed by atoms with Gasteiger partial charge in [0.1, 0.15) is 11.3 Å². The molecule has 3 atom stereocenters. The van der Waals surface area contributed by atoms with Gasteiger partial charge in [-0.15, -0.1) is 5.10 Å². The Balaban J connectivity index is 1.37. The average Bonchev–Trinajstić information content (AvgIpc) is 3.31. The molecular weight excluding hydrogens is 471 g/mol. The first kappa shape index (κ1) is 24.0. The van der Waals surface area contributed by atoms with Gasteiger partial charge in [-0.05, 0) is 56.6 Å². The van der Waals surface area contributed by atoms with Crippen LogP contribution in [0.5, 0.6) is 0 Å². The van der Waals surface area contributed by atoms with Crippen molar-refractivity contribution in [3.63, 3.8) is 0 Å². The van der Waals surface area contributed by atoms with Crippen LogP contribution < -0.4 is 10.2 Å². The van der Waals surface area contributed by atoms with E-state index in [1.54, 1.807) is 16.8 Å². The van der Waals surface area contributed by atoms with E-state index < -0.39 is 0 Å². The Hall–Kier alpha value is -2.75. The molecule has 1 aromatic heterocycles. The lowest BCUT2D eigenvalue weighted by molar-refractivity contribution is -0.137. The molecule has 3 heterocycles. The molecule has 1 unspecified atom stereocenters. The fraction of sp³-hybridized carbons (Fsp3) is 0.480. The van der Waals surface area contributed by atoms with Crippen molar-refractivity contribution in [1.29, 1.82) is 0 Å². The maximum atomic E-state index is 14.6. The van der Waals surface area contributed by atoms with Crippen LogP contribution in [0.15, 0.2) is 36.4 Å². The molecule has 0 spiro atoms. The predicted molar refractivity (Wildman–Crippen MR) is 133 cm³/mol. The number of benzene rings is 2. The number of hydrogen-bond donors (Lipinski definition) is 2. The monoisotopic (exact) mass is 500 g/mol. The van der Waals surface area contributed by atoms with Crippen LogP contribution >= 0.6 is 11.6 Å². The molecule has 2 aliphatic rings. The fourth-order valence-corrected chi connectivity index (χ4v) is 5.34. The Kier molecular flexibility index (Phi) is 6.91. The summed E-state index contributed by atoms with van der Waals surface area (Å²) in [6.07, 6.45) is 2.99. The van der Waals surface area contributed by atoms with Gasteiger partial charge in [-0.25, -0.2) is 9.07 Å². The zero-order valence-electron chi connectivity index (χ0n) is 19.7. The molecule has 3 aromatic rings. The van der Waals surface area contributed by atoms with Crippen molar-refractivity contribution < 1.29 is 14.3 Å². The highest BCUT2D eigenvalue weighted by Crippen LogP contribution is 2.29. The van der Waals surface area contributed by atoms with Crippen molar-refractivity contribution in [3.8, 4) is 0 Å². The van der Waals surface area contributed by atoms with Crippen molar-refractivity contribution in [2.24, 2.45) is 0 Å². The summed E-state index contributed by atoms with van der Waals surface area (Å²) in [7, 11) is 0. The standard InChI is InChI=1S/C25H30ClFN6O2/c1-16(20-7-5-17(26)12-21(20)27)33-24-13-18(6-8-22(24)29-30-33)31-10-11-32(19(14-31)15-34)25(35)23-4-2-3-9-28-23/h5-8,12-13,16,19,23,28,34H,2-4,9-11,14-15H2,1H3/t16?,19-,23+/m0/s1. The number of aromatic nitrogens is 3. The van der Waals surface area contributed by atoms with Gasteiger partial charge in [-0.1, -0.05) is 29.3 Å². The van der Waals surface area contributed by atoms with Gasteiger partial charge in [0, 0.05) is 35.9 Å². The molecule has 0 saturated carbocycles. The molecule has 2 aliphatic heterocycles. The average molecular weight is 501 g/mol. The highest BCUT2D eigenvalue weighted by molar-refractivity contribution is 6.30. The van der Waals surface area contributed by atoms with Gasteiger partial charge >= 0.3 is 0 Å². The van der Waals surface area contributed by atoms with E-state index in [2.05, 4.69) is 20.5 Å². The molecule has 1 amide bonds. The van der Waals surface area contributed by atoms with Gasteiger partial charge in [0.25, 0.3) is 0 Å². The number of nitrogens with one attached hydrogen (secondary N) is 1. The lowest BCUT2D eigenvalue weighted by atomic mass is 10.0. The van der Waals surface area contributed by atoms with Crippen molar-refractivity contribution in [3.05, 3.63) is 52.8 Å². The number of nitrogens with zero attached hydrogens (tertiary/aromatic N) is 5. The van der Waals surface area contributed by atoms with Crippen LogP contribution in [0.25, 0.3) is 11.0 Å². The van der Waals surface area contributed by atoms with E-state index in [0.29, 0.717) is 35.7 Å². The third-order valence-electron chi connectivity index (χ3n) is 7.18. The number of anilines is 1. The third kappa shape index (κ3) is 4.72. The summed E-state index contributed by atoms with van der Waals surface area (Å²) in [6.45, 7) is 4.37. The van der Waals surface area contributed by atoms with Gasteiger partial charge in [0.2, 0.25) is 5.91 Å². The topological polar surface area (TPSA) is 86.5 Å². The zero-order valence-corrected chi connectivity index (χ0v) is 20.5. The van der Waals surface area contributed by atoms with Crippen LogP contribution in [0, 0.1) is 5.82 Å². The molecule has 2 saturated heterocycles. The number of rotatable bonds is 5.